The highest BCUT2D eigenvalue weighted by molar-refractivity contribution is 5.90. The summed E-state index contributed by atoms with van der Waals surface area (Å²) in [5.41, 5.74) is 2.05. The molecule has 9 nitrogen and oxygen atoms in total. The van der Waals surface area contributed by atoms with Crippen LogP contribution < -0.4 is 15.1 Å². The maximum absolute atomic E-state index is 12.8. The van der Waals surface area contributed by atoms with Crippen molar-refractivity contribution in [1.29, 1.82) is 0 Å². The van der Waals surface area contributed by atoms with Crippen molar-refractivity contribution in [2.45, 2.75) is 32.3 Å². The number of rotatable bonds is 6. The zero-order chi connectivity index (χ0) is 24.0. The third kappa shape index (κ3) is 5.85. The minimum absolute atomic E-state index is 0.0365. The van der Waals surface area contributed by atoms with Crippen LogP contribution in [0.1, 0.15) is 25.3 Å². The topological polar surface area (TPSA) is 77.1 Å². The third-order valence-corrected chi connectivity index (χ3v) is 7.35. The first-order valence-corrected chi connectivity index (χ1v) is 13.0. The van der Waals surface area contributed by atoms with Crippen LogP contribution in [0.25, 0.3) is 0 Å². The zero-order valence-electron chi connectivity index (χ0n) is 20.7. The van der Waals surface area contributed by atoms with E-state index in [1.54, 1.807) is 0 Å². The molecule has 3 aliphatic heterocycles. The predicted molar refractivity (Wildman–Crippen MR) is 138 cm³/mol. The van der Waals surface area contributed by atoms with Crippen molar-refractivity contribution in [2.75, 3.05) is 80.6 Å². The van der Waals surface area contributed by atoms with E-state index >= 15 is 0 Å². The number of anilines is 3. The molecule has 0 radical (unpaired) electrons. The number of carbonyl (C=O) groups is 1. The molecule has 2 amide bonds. The van der Waals surface area contributed by atoms with Crippen LogP contribution in [0.3, 0.4) is 0 Å². The number of hydrogen-bond donors (Lipinski definition) is 1. The molecule has 0 saturated carbocycles. The Morgan fingerprint density at radius 3 is 2.20 bits per heavy atom. The fourth-order valence-corrected chi connectivity index (χ4v) is 5.17. The maximum Gasteiger partial charge on any atom is 0.321 e. The molecule has 9 heteroatoms. The van der Waals surface area contributed by atoms with Gasteiger partial charge in [0.15, 0.2) is 11.6 Å². The van der Waals surface area contributed by atoms with E-state index in [1.165, 1.54) is 12.8 Å². The van der Waals surface area contributed by atoms with Crippen molar-refractivity contribution in [1.82, 2.24) is 20.0 Å². The summed E-state index contributed by atoms with van der Waals surface area (Å²) in [5, 5.41) is 12.1. The highest BCUT2D eigenvalue weighted by Gasteiger charge is 2.25. The molecule has 2 aromatic rings. The lowest BCUT2D eigenvalue weighted by molar-refractivity contribution is 0.0712. The van der Waals surface area contributed by atoms with Gasteiger partial charge in [0.25, 0.3) is 0 Å². The Hall–Kier alpha value is -2.91. The van der Waals surface area contributed by atoms with Crippen LogP contribution in [0, 0.1) is 0 Å². The summed E-state index contributed by atoms with van der Waals surface area (Å²) in [4.78, 5) is 21.7. The summed E-state index contributed by atoms with van der Waals surface area (Å²) < 4.78 is 5.79. The molecule has 0 bridgehead atoms. The molecule has 1 unspecified atom stereocenters. The number of carbonyl (C=O) groups excluding carboxylic acids is 1. The zero-order valence-corrected chi connectivity index (χ0v) is 20.7. The van der Waals surface area contributed by atoms with Gasteiger partial charge >= 0.3 is 6.03 Å². The van der Waals surface area contributed by atoms with Crippen molar-refractivity contribution in [2.24, 2.45) is 0 Å². The van der Waals surface area contributed by atoms with E-state index in [1.807, 2.05) is 23.1 Å². The summed E-state index contributed by atoms with van der Waals surface area (Å²) >= 11 is 0. The Labute approximate surface area is 208 Å². The van der Waals surface area contributed by atoms with E-state index in [9.17, 15) is 4.79 Å². The van der Waals surface area contributed by atoms with Gasteiger partial charge in [0, 0.05) is 71.2 Å². The van der Waals surface area contributed by atoms with E-state index in [4.69, 9.17) is 4.74 Å². The molecule has 35 heavy (non-hydrogen) atoms. The summed E-state index contributed by atoms with van der Waals surface area (Å²) in [6.07, 6.45) is 3.70. The molecule has 3 fully saturated rings. The number of nitrogens with zero attached hydrogens (tertiary/aromatic N) is 6. The van der Waals surface area contributed by atoms with E-state index in [0.29, 0.717) is 19.2 Å². The third-order valence-electron chi connectivity index (χ3n) is 7.35. The highest BCUT2D eigenvalue weighted by Crippen LogP contribution is 2.20. The number of hydrogen-bond acceptors (Lipinski definition) is 7. The average molecular weight is 480 g/mol. The van der Waals surface area contributed by atoms with Gasteiger partial charge in [0.2, 0.25) is 0 Å². The summed E-state index contributed by atoms with van der Waals surface area (Å²) in [5.74, 6) is 1.82. The Morgan fingerprint density at radius 2 is 1.60 bits per heavy atom. The van der Waals surface area contributed by atoms with Crippen LogP contribution in [-0.4, -0.2) is 97.6 Å². The van der Waals surface area contributed by atoms with Gasteiger partial charge in [-0.15, -0.1) is 10.2 Å². The largest absolute Gasteiger partial charge is 0.377 e. The van der Waals surface area contributed by atoms with Crippen LogP contribution in [0.4, 0.5) is 22.1 Å². The van der Waals surface area contributed by atoms with E-state index in [0.717, 1.165) is 81.7 Å². The lowest BCUT2D eigenvalue weighted by Crippen LogP contribution is -2.50. The fourth-order valence-electron chi connectivity index (χ4n) is 5.17. The predicted octanol–water partition coefficient (Wildman–Crippen LogP) is 2.69. The van der Waals surface area contributed by atoms with Crippen LogP contribution in [-0.2, 0) is 11.2 Å². The quantitative estimate of drug-likeness (QED) is 0.683. The summed E-state index contributed by atoms with van der Waals surface area (Å²) in [7, 11) is 0. The van der Waals surface area contributed by atoms with Crippen molar-refractivity contribution >= 4 is 23.4 Å². The van der Waals surface area contributed by atoms with Crippen LogP contribution in [0.2, 0.25) is 0 Å². The second kappa shape index (κ2) is 11.2. The SMILES string of the molecule is CCc1ccccc1NC(=O)N1CCN(c2ccc(N3CCN(CC4CCCO4)CC3)nn2)CC1. The molecule has 1 aromatic heterocycles. The number of aromatic nitrogens is 2. The standard InChI is InChI=1S/C26H37N7O2/c1-2-21-6-3-4-8-23(21)27-26(34)33-17-15-32(16-18-33)25-10-9-24(28-29-25)31-13-11-30(12-14-31)20-22-7-5-19-35-22/h3-4,6,8-10,22H,2,5,7,11-20H2,1H3,(H,27,34). The second-order valence-corrected chi connectivity index (χ2v) is 9.59. The van der Waals surface area contributed by atoms with Crippen molar-refractivity contribution in [3.05, 3.63) is 42.0 Å². The molecule has 1 atom stereocenters. The number of amides is 2. The molecule has 0 spiro atoms. The van der Waals surface area contributed by atoms with Crippen molar-refractivity contribution in [3.63, 3.8) is 0 Å². The Kier molecular flexibility index (Phi) is 7.63. The lowest BCUT2D eigenvalue weighted by atomic mass is 10.1. The molecule has 1 N–H and O–H groups in total. The van der Waals surface area contributed by atoms with Gasteiger partial charge in [0.1, 0.15) is 0 Å². The molecule has 0 aliphatic carbocycles. The Morgan fingerprint density at radius 1 is 0.943 bits per heavy atom. The number of urea groups is 1. The monoisotopic (exact) mass is 479 g/mol. The summed E-state index contributed by atoms with van der Waals surface area (Å²) in [6.45, 7) is 10.9. The lowest BCUT2D eigenvalue weighted by Gasteiger charge is -2.37. The number of para-hydroxylation sites is 1. The van der Waals surface area contributed by atoms with Crippen LogP contribution in [0.5, 0.6) is 0 Å². The Balaban J connectivity index is 1.08. The van der Waals surface area contributed by atoms with Gasteiger partial charge in [0.05, 0.1) is 6.10 Å². The molecular formula is C26H37N7O2. The number of aryl methyl sites for hydroxylation is 1. The molecule has 3 saturated heterocycles. The van der Waals surface area contributed by atoms with Crippen molar-refractivity contribution in [3.8, 4) is 0 Å². The molecule has 188 valence electrons. The van der Waals surface area contributed by atoms with Crippen LogP contribution >= 0.6 is 0 Å². The molecular weight excluding hydrogens is 442 g/mol. The van der Waals surface area contributed by atoms with E-state index < -0.39 is 0 Å². The van der Waals surface area contributed by atoms with Gasteiger partial charge in [-0.05, 0) is 43.0 Å². The van der Waals surface area contributed by atoms with Gasteiger partial charge in [-0.25, -0.2) is 4.79 Å². The first kappa shape index (κ1) is 23.8. The van der Waals surface area contributed by atoms with Gasteiger partial charge < -0.3 is 24.8 Å². The second-order valence-electron chi connectivity index (χ2n) is 9.59. The van der Waals surface area contributed by atoms with Crippen LogP contribution in [0.15, 0.2) is 36.4 Å². The smallest absolute Gasteiger partial charge is 0.321 e. The van der Waals surface area contributed by atoms with Gasteiger partial charge in [-0.3, -0.25) is 4.90 Å². The number of ether oxygens (including phenoxy) is 1. The summed E-state index contributed by atoms with van der Waals surface area (Å²) in [6, 6.07) is 12.1. The first-order chi connectivity index (χ1) is 17.2. The number of nitrogens with one attached hydrogen (secondary N) is 1. The van der Waals surface area contributed by atoms with Crippen molar-refractivity contribution < 1.29 is 9.53 Å². The fraction of sp³-hybridized carbons (Fsp3) is 0.577. The molecule has 4 heterocycles. The molecule has 3 aliphatic rings. The molecule has 1 aromatic carbocycles. The minimum atomic E-state index is -0.0365. The Bertz CT molecular complexity index is 964. The van der Waals surface area contributed by atoms with Gasteiger partial charge in [-0.1, -0.05) is 25.1 Å². The van der Waals surface area contributed by atoms with E-state index in [2.05, 4.69) is 55.3 Å². The normalized spacial score (nSPS) is 21.4. The maximum atomic E-state index is 12.8. The van der Waals surface area contributed by atoms with E-state index in [-0.39, 0.29) is 6.03 Å². The minimum Gasteiger partial charge on any atom is -0.377 e. The molecule has 5 rings (SSSR count). The van der Waals surface area contributed by atoms with Gasteiger partial charge in [-0.2, -0.15) is 0 Å². The average Bonchev–Trinajstić information content (AvgIpc) is 3.43. The highest BCUT2D eigenvalue weighted by atomic mass is 16.5. The number of benzene rings is 1. The first-order valence-electron chi connectivity index (χ1n) is 13.0. The number of piperazine rings is 2.